The van der Waals surface area contributed by atoms with Crippen LogP contribution in [0.5, 0.6) is 5.75 Å². The lowest BCUT2D eigenvalue weighted by Gasteiger charge is -2.55. The fourth-order valence-corrected chi connectivity index (χ4v) is 4.69. The third kappa shape index (κ3) is 1.68. The van der Waals surface area contributed by atoms with Crippen molar-refractivity contribution in [2.45, 2.75) is 51.4 Å². The Hall–Kier alpha value is -1.51. The number of hydrogen-bond acceptors (Lipinski definition) is 3. The van der Waals surface area contributed by atoms with Gasteiger partial charge < -0.3 is 15.0 Å². The van der Waals surface area contributed by atoms with Gasteiger partial charge in [0.05, 0.1) is 0 Å². The van der Waals surface area contributed by atoms with E-state index in [0.29, 0.717) is 6.42 Å². The van der Waals surface area contributed by atoms with Gasteiger partial charge in [0, 0.05) is 11.4 Å². The van der Waals surface area contributed by atoms with Crippen molar-refractivity contribution >= 4 is 5.97 Å². The van der Waals surface area contributed by atoms with E-state index in [0.717, 1.165) is 31.2 Å². The normalized spacial score (nSPS) is 36.0. The Morgan fingerprint density at radius 2 is 2.10 bits per heavy atom. The Kier molecular flexibility index (Phi) is 2.86. The van der Waals surface area contributed by atoms with E-state index in [1.807, 2.05) is 19.1 Å². The molecular weight excluding hydrogens is 252 g/mol. The molecule has 0 spiro atoms. The van der Waals surface area contributed by atoms with Crippen LogP contribution >= 0.6 is 0 Å². The molecule has 0 aromatic heterocycles. The average molecular weight is 273 g/mol. The molecule has 3 nitrogen and oxygen atoms in total. The summed E-state index contributed by atoms with van der Waals surface area (Å²) in [5, 5.41) is 21.5. The molecule has 3 heteroatoms. The number of carboxylic acid groups (broad SMARTS) is 1. The number of phenols is 1. The van der Waals surface area contributed by atoms with Crippen molar-refractivity contribution in [2.75, 3.05) is 0 Å². The Labute approximate surface area is 119 Å². The largest absolute Gasteiger partial charge is 0.550 e. The summed E-state index contributed by atoms with van der Waals surface area (Å²) in [4.78, 5) is 11.7. The zero-order valence-corrected chi connectivity index (χ0v) is 12.1. The molecule has 0 saturated heterocycles. The van der Waals surface area contributed by atoms with Gasteiger partial charge in [0.15, 0.2) is 0 Å². The van der Waals surface area contributed by atoms with Crippen LogP contribution in [-0.2, 0) is 16.6 Å². The highest BCUT2D eigenvalue weighted by Gasteiger charge is 2.52. The molecule has 0 bridgehead atoms. The first kappa shape index (κ1) is 13.5. The first-order valence-corrected chi connectivity index (χ1v) is 7.42. The Balaban J connectivity index is 2.13. The zero-order valence-electron chi connectivity index (χ0n) is 12.1. The minimum Gasteiger partial charge on any atom is -0.550 e. The second-order valence-electron chi connectivity index (χ2n) is 6.91. The number of rotatable bonds is 1. The number of phenolic OH excluding ortho intramolecular Hbond substituents is 1. The Morgan fingerprint density at radius 3 is 2.80 bits per heavy atom. The van der Waals surface area contributed by atoms with E-state index in [9.17, 15) is 15.0 Å². The fourth-order valence-electron chi connectivity index (χ4n) is 4.69. The van der Waals surface area contributed by atoms with E-state index in [1.54, 1.807) is 6.07 Å². The molecule has 20 heavy (non-hydrogen) atoms. The van der Waals surface area contributed by atoms with Gasteiger partial charge in [-0.15, -0.1) is 0 Å². The third-order valence-electron chi connectivity index (χ3n) is 5.81. The molecule has 1 N–H and O–H groups in total. The van der Waals surface area contributed by atoms with Gasteiger partial charge >= 0.3 is 0 Å². The van der Waals surface area contributed by atoms with Crippen LogP contribution in [-0.4, -0.2) is 11.1 Å². The van der Waals surface area contributed by atoms with Crippen molar-refractivity contribution in [1.82, 2.24) is 0 Å². The van der Waals surface area contributed by atoms with Crippen LogP contribution in [0, 0.1) is 11.3 Å². The molecular formula is C17H21O3-. The van der Waals surface area contributed by atoms with Gasteiger partial charge in [-0.1, -0.05) is 26.3 Å². The standard InChI is InChI=1S/C17H22O3/c1-16-8-3-9-17(2,15(19)20)14(16)7-5-11-4-6-12(18)10-13(11)16/h4,6,10,14,18H,3,5,7-9H2,1-2H3,(H,19,20)/p-1/t14-,16+,17+/m0/s1. The molecule has 1 saturated carbocycles. The summed E-state index contributed by atoms with van der Waals surface area (Å²) in [6.07, 6.45) is 4.35. The van der Waals surface area contributed by atoms with Crippen molar-refractivity contribution in [3.63, 3.8) is 0 Å². The van der Waals surface area contributed by atoms with E-state index < -0.39 is 11.4 Å². The van der Waals surface area contributed by atoms with Crippen LogP contribution in [0.1, 0.15) is 50.7 Å². The molecule has 2 aliphatic carbocycles. The summed E-state index contributed by atoms with van der Waals surface area (Å²) < 4.78 is 0. The summed E-state index contributed by atoms with van der Waals surface area (Å²) >= 11 is 0. The second kappa shape index (κ2) is 4.24. The van der Waals surface area contributed by atoms with Crippen LogP contribution in [0.2, 0.25) is 0 Å². The fraction of sp³-hybridized carbons (Fsp3) is 0.588. The van der Waals surface area contributed by atoms with E-state index >= 15 is 0 Å². The molecule has 108 valence electrons. The molecule has 0 heterocycles. The number of hydrogen-bond donors (Lipinski definition) is 1. The smallest absolute Gasteiger partial charge is 0.115 e. The van der Waals surface area contributed by atoms with E-state index in [-0.39, 0.29) is 17.1 Å². The topological polar surface area (TPSA) is 60.4 Å². The third-order valence-corrected chi connectivity index (χ3v) is 5.81. The number of carbonyl (C=O) groups excluding carboxylic acids is 1. The van der Waals surface area contributed by atoms with Crippen LogP contribution in [0.25, 0.3) is 0 Å². The summed E-state index contributed by atoms with van der Waals surface area (Å²) in [6, 6.07) is 5.54. The van der Waals surface area contributed by atoms with Crippen molar-refractivity contribution in [2.24, 2.45) is 11.3 Å². The lowest BCUT2D eigenvalue weighted by Crippen LogP contribution is -2.56. The molecule has 0 amide bonds. The average Bonchev–Trinajstić information content (AvgIpc) is 2.39. The van der Waals surface area contributed by atoms with Gasteiger partial charge in [-0.2, -0.15) is 0 Å². The first-order valence-electron chi connectivity index (χ1n) is 7.42. The van der Waals surface area contributed by atoms with Crippen LogP contribution in [0.15, 0.2) is 18.2 Å². The van der Waals surface area contributed by atoms with Crippen molar-refractivity contribution in [3.8, 4) is 5.75 Å². The Morgan fingerprint density at radius 1 is 1.35 bits per heavy atom. The number of aromatic hydroxyl groups is 1. The SMILES string of the molecule is C[C@@]1(C(=O)[O-])CCC[C@]2(C)c3cc(O)ccc3CC[C@H]12. The number of aryl methyl sites for hydroxylation is 1. The lowest BCUT2D eigenvalue weighted by atomic mass is 9.50. The minimum absolute atomic E-state index is 0.0862. The van der Waals surface area contributed by atoms with Crippen LogP contribution in [0.3, 0.4) is 0 Å². The van der Waals surface area contributed by atoms with Gasteiger partial charge in [-0.25, -0.2) is 0 Å². The number of carboxylic acids is 1. The van der Waals surface area contributed by atoms with E-state index in [4.69, 9.17) is 0 Å². The maximum Gasteiger partial charge on any atom is 0.115 e. The molecule has 0 radical (unpaired) electrons. The van der Waals surface area contributed by atoms with E-state index in [2.05, 4.69) is 6.92 Å². The lowest BCUT2D eigenvalue weighted by molar-refractivity contribution is -0.324. The van der Waals surface area contributed by atoms with Crippen LogP contribution in [0.4, 0.5) is 0 Å². The quantitative estimate of drug-likeness (QED) is 0.853. The van der Waals surface area contributed by atoms with Gasteiger partial charge in [0.25, 0.3) is 0 Å². The number of carbonyl (C=O) groups is 1. The number of fused-ring (bicyclic) bond motifs is 3. The highest BCUT2D eigenvalue weighted by Crippen LogP contribution is 2.57. The van der Waals surface area contributed by atoms with Crippen molar-refractivity contribution < 1.29 is 15.0 Å². The predicted molar refractivity (Wildman–Crippen MR) is 74.2 cm³/mol. The molecule has 0 unspecified atom stereocenters. The maximum atomic E-state index is 11.7. The molecule has 1 aromatic carbocycles. The first-order chi connectivity index (χ1) is 9.38. The van der Waals surface area contributed by atoms with Crippen molar-refractivity contribution in [1.29, 1.82) is 0 Å². The minimum atomic E-state index is -0.919. The molecule has 3 rings (SSSR count). The summed E-state index contributed by atoms with van der Waals surface area (Å²) in [7, 11) is 0. The monoisotopic (exact) mass is 273 g/mol. The molecule has 1 fully saturated rings. The number of benzene rings is 1. The summed E-state index contributed by atoms with van der Waals surface area (Å²) in [6.45, 7) is 4.01. The molecule has 0 aliphatic heterocycles. The van der Waals surface area contributed by atoms with Crippen molar-refractivity contribution in [3.05, 3.63) is 29.3 Å². The van der Waals surface area contributed by atoms with Gasteiger partial charge in [0.2, 0.25) is 0 Å². The summed E-state index contributed by atoms with van der Waals surface area (Å²) in [5.74, 6) is -0.563. The Bertz CT molecular complexity index is 565. The van der Waals surface area contributed by atoms with Gasteiger partial charge in [-0.3, -0.25) is 0 Å². The highest BCUT2D eigenvalue weighted by atomic mass is 16.4. The molecule has 3 atom stereocenters. The van der Waals surface area contributed by atoms with Gasteiger partial charge in [-0.05, 0) is 60.3 Å². The zero-order chi connectivity index (χ0) is 14.5. The molecule has 1 aromatic rings. The number of aliphatic carboxylic acids is 1. The predicted octanol–water partition coefficient (Wildman–Crippen LogP) is 2.15. The van der Waals surface area contributed by atoms with E-state index in [1.165, 1.54) is 5.56 Å². The molecule has 2 aliphatic rings. The van der Waals surface area contributed by atoms with Crippen LogP contribution < -0.4 is 5.11 Å². The highest BCUT2D eigenvalue weighted by molar-refractivity contribution is 5.73. The second-order valence-corrected chi connectivity index (χ2v) is 6.91. The summed E-state index contributed by atoms with van der Waals surface area (Å²) in [5.41, 5.74) is 1.47. The maximum absolute atomic E-state index is 11.7. The van der Waals surface area contributed by atoms with Gasteiger partial charge in [0.1, 0.15) is 5.75 Å².